The number of likely N-dealkylation sites (N-methyl/N-ethyl adjacent to an activating group) is 1. The number of carbonyl (C=O) groups is 1. The van der Waals surface area contributed by atoms with Crippen LogP contribution in [-0.2, 0) is 4.74 Å². The van der Waals surface area contributed by atoms with E-state index < -0.39 is 0 Å². The number of rotatable bonds is 5. The zero-order valence-corrected chi connectivity index (χ0v) is 15.8. The normalized spacial score (nSPS) is 12.5. The summed E-state index contributed by atoms with van der Waals surface area (Å²) in [6.07, 6.45) is 1.60. The molecule has 0 fully saturated rings. The minimum absolute atomic E-state index is 0.00651. The van der Waals surface area contributed by atoms with Crippen molar-refractivity contribution in [2.24, 2.45) is 0 Å². The molecule has 0 N–H and O–H groups in total. The number of amides is 1. The molecule has 3 heterocycles. The summed E-state index contributed by atoms with van der Waals surface area (Å²) in [5.41, 5.74) is 1.77. The maximum absolute atomic E-state index is 12.9. The molecule has 0 spiro atoms. The Hall–Kier alpha value is -2.25. The van der Waals surface area contributed by atoms with E-state index in [1.54, 1.807) is 31.4 Å². The van der Waals surface area contributed by atoms with Crippen LogP contribution in [0.3, 0.4) is 0 Å². The van der Waals surface area contributed by atoms with Crippen LogP contribution < -0.4 is 0 Å². The van der Waals surface area contributed by atoms with Crippen molar-refractivity contribution in [3.63, 3.8) is 0 Å². The number of thiophene rings is 1. The second kappa shape index (κ2) is 6.93. The van der Waals surface area contributed by atoms with Crippen molar-refractivity contribution < 1.29 is 13.9 Å². The van der Waals surface area contributed by atoms with Crippen molar-refractivity contribution in [1.82, 2.24) is 14.9 Å². The number of methoxy groups -OCH3 is 1. The number of ether oxygens (including phenoxy) is 1. The van der Waals surface area contributed by atoms with Crippen LogP contribution in [0.15, 0.2) is 22.8 Å². The highest BCUT2D eigenvalue weighted by molar-refractivity contribution is 7.20. The Balaban J connectivity index is 2.04. The van der Waals surface area contributed by atoms with Gasteiger partial charge in [0.25, 0.3) is 5.91 Å². The highest BCUT2D eigenvalue weighted by atomic mass is 32.1. The van der Waals surface area contributed by atoms with E-state index in [0.717, 1.165) is 21.5 Å². The molecule has 6 nitrogen and oxygen atoms in total. The van der Waals surface area contributed by atoms with Gasteiger partial charge in [-0.25, -0.2) is 9.97 Å². The molecular formula is C18H21N3O3S. The average Bonchev–Trinajstić information content (AvgIpc) is 3.22. The summed E-state index contributed by atoms with van der Waals surface area (Å²) in [6.45, 7) is 6.34. The first-order chi connectivity index (χ1) is 11.9. The van der Waals surface area contributed by atoms with Crippen molar-refractivity contribution in [2.75, 3.05) is 20.8 Å². The molecule has 0 aliphatic rings. The van der Waals surface area contributed by atoms with Crippen molar-refractivity contribution in [3.8, 4) is 11.6 Å². The third-order valence-corrected chi connectivity index (χ3v) is 5.47. The largest absolute Gasteiger partial charge is 0.461 e. The standard InChI is InChI=1S/C18H21N3O3S/c1-10(9-23-5)21(4)18(22)15-11(2)14-12(3)19-16(20-17(14)25-15)13-7-6-8-24-13/h6-8,10H,9H2,1-5H3/t10-/m0/s1. The first-order valence-corrected chi connectivity index (χ1v) is 8.83. The summed E-state index contributed by atoms with van der Waals surface area (Å²) in [6, 6.07) is 3.62. The third kappa shape index (κ3) is 3.17. The number of fused-ring (bicyclic) bond motifs is 1. The predicted molar refractivity (Wildman–Crippen MR) is 98.0 cm³/mol. The Morgan fingerprint density at radius 2 is 2.16 bits per heavy atom. The molecule has 3 rings (SSSR count). The highest BCUT2D eigenvalue weighted by Crippen LogP contribution is 2.33. The van der Waals surface area contributed by atoms with Crippen molar-refractivity contribution in [2.45, 2.75) is 26.8 Å². The van der Waals surface area contributed by atoms with E-state index in [1.807, 2.05) is 26.8 Å². The van der Waals surface area contributed by atoms with Gasteiger partial charge in [-0.2, -0.15) is 0 Å². The van der Waals surface area contributed by atoms with E-state index in [9.17, 15) is 4.79 Å². The molecule has 0 aromatic carbocycles. The lowest BCUT2D eigenvalue weighted by atomic mass is 10.1. The van der Waals surface area contributed by atoms with Crippen LogP contribution in [0.1, 0.15) is 27.9 Å². The number of nitrogens with zero attached hydrogens (tertiary/aromatic N) is 3. The molecule has 1 atom stereocenters. The molecule has 25 heavy (non-hydrogen) atoms. The molecule has 7 heteroatoms. The monoisotopic (exact) mass is 359 g/mol. The third-order valence-electron chi connectivity index (χ3n) is 4.30. The van der Waals surface area contributed by atoms with Crippen LogP contribution in [0.5, 0.6) is 0 Å². The van der Waals surface area contributed by atoms with Gasteiger partial charge in [-0.15, -0.1) is 11.3 Å². The van der Waals surface area contributed by atoms with Gasteiger partial charge in [0.1, 0.15) is 4.83 Å². The molecular weight excluding hydrogens is 338 g/mol. The second-order valence-corrected chi connectivity index (χ2v) is 7.07. The quantitative estimate of drug-likeness (QED) is 0.695. The van der Waals surface area contributed by atoms with E-state index >= 15 is 0 Å². The van der Waals surface area contributed by atoms with E-state index in [-0.39, 0.29) is 11.9 Å². The Morgan fingerprint density at radius 3 is 2.80 bits per heavy atom. The van der Waals surface area contributed by atoms with Gasteiger partial charge in [0.2, 0.25) is 0 Å². The smallest absolute Gasteiger partial charge is 0.264 e. The molecule has 0 radical (unpaired) electrons. The van der Waals surface area contributed by atoms with Crippen molar-refractivity contribution >= 4 is 27.5 Å². The van der Waals surface area contributed by atoms with E-state index in [2.05, 4.69) is 9.97 Å². The number of furan rings is 1. The Morgan fingerprint density at radius 1 is 1.40 bits per heavy atom. The number of hydrogen-bond donors (Lipinski definition) is 0. The topological polar surface area (TPSA) is 68.5 Å². The lowest BCUT2D eigenvalue weighted by Gasteiger charge is -2.24. The lowest BCUT2D eigenvalue weighted by molar-refractivity contribution is 0.0637. The Labute approximate surface area is 150 Å². The number of carbonyl (C=O) groups excluding carboxylic acids is 1. The van der Waals surface area contributed by atoms with E-state index in [1.165, 1.54) is 11.3 Å². The SMILES string of the molecule is COC[C@H](C)N(C)C(=O)c1sc2nc(-c3ccco3)nc(C)c2c1C. The van der Waals surface area contributed by atoms with Crippen LogP contribution >= 0.6 is 11.3 Å². The maximum Gasteiger partial charge on any atom is 0.264 e. The van der Waals surface area contributed by atoms with Crippen LogP contribution in [0.4, 0.5) is 0 Å². The van der Waals surface area contributed by atoms with Gasteiger partial charge in [-0.3, -0.25) is 4.79 Å². The molecule has 0 aliphatic heterocycles. The van der Waals surface area contributed by atoms with Crippen LogP contribution in [0.25, 0.3) is 21.8 Å². The number of hydrogen-bond acceptors (Lipinski definition) is 6. The summed E-state index contributed by atoms with van der Waals surface area (Å²) in [5, 5.41) is 0.941. The summed E-state index contributed by atoms with van der Waals surface area (Å²) in [4.78, 5) is 25.2. The maximum atomic E-state index is 12.9. The molecule has 132 valence electrons. The molecule has 0 aliphatic carbocycles. The summed E-state index contributed by atoms with van der Waals surface area (Å²) in [5.74, 6) is 1.13. The molecule has 1 amide bonds. The fourth-order valence-electron chi connectivity index (χ4n) is 2.77. The van der Waals surface area contributed by atoms with Gasteiger partial charge in [-0.05, 0) is 38.5 Å². The van der Waals surface area contributed by atoms with Gasteiger partial charge in [0.05, 0.1) is 29.5 Å². The van der Waals surface area contributed by atoms with Crippen LogP contribution in [0, 0.1) is 13.8 Å². The molecule has 3 aromatic rings. The fraction of sp³-hybridized carbons (Fsp3) is 0.389. The minimum atomic E-state index is -0.0241. The highest BCUT2D eigenvalue weighted by Gasteiger charge is 2.24. The predicted octanol–water partition coefficient (Wildman–Crippen LogP) is 3.68. The number of aryl methyl sites for hydroxylation is 2. The molecule has 0 unspecified atom stereocenters. The van der Waals surface area contributed by atoms with Crippen molar-refractivity contribution in [3.05, 3.63) is 34.5 Å². The van der Waals surface area contributed by atoms with Gasteiger partial charge in [0, 0.05) is 19.5 Å². The number of aromatic nitrogens is 2. The van der Waals surface area contributed by atoms with Gasteiger partial charge >= 0.3 is 0 Å². The Bertz CT molecular complexity index is 902. The van der Waals surface area contributed by atoms with Crippen LogP contribution in [0.2, 0.25) is 0 Å². The van der Waals surface area contributed by atoms with Gasteiger partial charge in [0.15, 0.2) is 11.6 Å². The van der Waals surface area contributed by atoms with Gasteiger partial charge in [-0.1, -0.05) is 0 Å². The van der Waals surface area contributed by atoms with Gasteiger partial charge < -0.3 is 14.1 Å². The van der Waals surface area contributed by atoms with Crippen LogP contribution in [-0.4, -0.2) is 47.6 Å². The Kier molecular flexibility index (Phi) is 4.87. The summed E-state index contributed by atoms with van der Waals surface area (Å²) < 4.78 is 10.5. The second-order valence-electron chi connectivity index (χ2n) is 6.07. The zero-order chi connectivity index (χ0) is 18.1. The summed E-state index contributed by atoms with van der Waals surface area (Å²) in [7, 11) is 3.43. The molecule has 0 saturated carbocycles. The minimum Gasteiger partial charge on any atom is -0.461 e. The average molecular weight is 359 g/mol. The first kappa shape index (κ1) is 17.6. The molecule has 0 bridgehead atoms. The molecule has 0 saturated heterocycles. The van der Waals surface area contributed by atoms with Crippen molar-refractivity contribution in [1.29, 1.82) is 0 Å². The van der Waals surface area contributed by atoms with E-state index in [0.29, 0.717) is 23.1 Å². The lowest BCUT2D eigenvalue weighted by Crippen LogP contribution is -2.37. The summed E-state index contributed by atoms with van der Waals surface area (Å²) >= 11 is 1.40. The zero-order valence-electron chi connectivity index (χ0n) is 15.0. The fourth-order valence-corrected chi connectivity index (χ4v) is 3.99. The molecule has 3 aromatic heterocycles. The first-order valence-electron chi connectivity index (χ1n) is 8.01. The van der Waals surface area contributed by atoms with E-state index in [4.69, 9.17) is 9.15 Å².